The fourth-order valence-corrected chi connectivity index (χ4v) is 1.41. The fraction of sp³-hybridized carbons (Fsp3) is 0.333. The average molecular weight is 191 g/mol. The zero-order valence-electron chi connectivity index (χ0n) is 9.05. The van der Waals surface area contributed by atoms with Crippen LogP contribution in [0.1, 0.15) is 18.1 Å². The van der Waals surface area contributed by atoms with E-state index in [1.165, 1.54) is 0 Å². The van der Waals surface area contributed by atoms with Gasteiger partial charge in [-0.2, -0.15) is 0 Å². The number of ether oxygens (including phenoxy) is 1. The van der Waals surface area contributed by atoms with Gasteiger partial charge in [0.05, 0.1) is 0 Å². The van der Waals surface area contributed by atoms with Crippen LogP contribution in [0.25, 0.3) is 0 Å². The van der Waals surface area contributed by atoms with Crippen molar-refractivity contribution in [2.75, 3.05) is 12.3 Å². The highest BCUT2D eigenvalue weighted by atomic mass is 16.5. The van der Waals surface area contributed by atoms with Crippen molar-refractivity contribution in [3.63, 3.8) is 0 Å². The molecule has 0 heterocycles. The first-order valence-electron chi connectivity index (χ1n) is 4.64. The quantitative estimate of drug-likeness (QED) is 0.589. The highest BCUT2D eigenvalue weighted by Gasteiger charge is 2.04. The Hall–Kier alpha value is -1.44. The van der Waals surface area contributed by atoms with Crippen LogP contribution in [0.3, 0.4) is 0 Å². The van der Waals surface area contributed by atoms with E-state index in [1.807, 2.05) is 32.9 Å². The number of anilines is 1. The molecule has 0 aliphatic rings. The summed E-state index contributed by atoms with van der Waals surface area (Å²) in [6.45, 7) is 10.3. The minimum atomic E-state index is 0.561. The lowest BCUT2D eigenvalue weighted by atomic mass is 10.1. The summed E-state index contributed by atoms with van der Waals surface area (Å²) in [5, 5.41) is 0. The summed E-state index contributed by atoms with van der Waals surface area (Å²) in [6.07, 6.45) is 0. The van der Waals surface area contributed by atoms with E-state index in [4.69, 9.17) is 10.5 Å². The summed E-state index contributed by atoms with van der Waals surface area (Å²) >= 11 is 0. The largest absolute Gasteiger partial charge is 0.489 e. The molecule has 0 saturated carbocycles. The third-order valence-electron chi connectivity index (χ3n) is 1.95. The van der Waals surface area contributed by atoms with Crippen molar-refractivity contribution in [3.8, 4) is 5.75 Å². The topological polar surface area (TPSA) is 35.2 Å². The zero-order valence-corrected chi connectivity index (χ0v) is 9.05. The molecule has 0 radical (unpaired) electrons. The molecule has 76 valence electrons. The number of rotatable bonds is 3. The van der Waals surface area contributed by atoms with Crippen molar-refractivity contribution in [2.24, 2.45) is 0 Å². The van der Waals surface area contributed by atoms with Gasteiger partial charge in [0.25, 0.3) is 0 Å². The molecule has 0 spiro atoms. The van der Waals surface area contributed by atoms with Gasteiger partial charge in [0.2, 0.25) is 0 Å². The molecule has 0 aliphatic heterocycles. The Kier molecular flexibility index (Phi) is 3.18. The highest BCUT2D eigenvalue weighted by Crippen LogP contribution is 2.25. The fourth-order valence-electron chi connectivity index (χ4n) is 1.41. The number of aryl methyl sites for hydroxylation is 2. The van der Waals surface area contributed by atoms with Gasteiger partial charge in [-0.25, -0.2) is 0 Å². The lowest BCUT2D eigenvalue weighted by Crippen LogP contribution is -2.01. The van der Waals surface area contributed by atoms with Crippen LogP contribution in [-0.4, -0.2) is 6.61 Å². The second kappa shape index (κ2) is 4.18. The Morgan fingerprint density at radius 2 is 1.86 bits per heavy atom. The maximum absolute atomic E-state index is 5.71. The molecule has 0 atom stereocenters. The lowest BCUT2D eigenvalue weighted by Gasteiger charge is -2.12. The molecule has 2 N–H and O–H groups in total. The molecule has 0 aromatic heterocycles. The molecule has 0 unspecified atom stereocenters. The summed E-state index contributed by atoms with van der Waals surface area (Å²) in [4.78, 5) is 0. The van der Waals surface area contributed by atoms with Crippen molar-refractivity contribution < 1.29 is 4.74 Å². The second-order valence-corrected chi connectivity index (χ2v) is 3.73. The van der Waals surface area contributed by atoms with Crippen LogP contribution in [0.4, 0.5) is 5.69 Å². The Balaban J connectivity index is 2.91. The predicted molar refractivity (Wildman–Crippen MR) is 60.6 cm³/mol. The molecule has 0 saturated heterocycles. The molecule has 0 fully saturated rings. The molecule has 1 aromatic carbocycles. The Morgan fingerprint density at radius 1 is 1.36 bits per heavy atom. The molecule has 14 heavy (non-hydrogen) atoms. The summed E-state index contributed by atoms with van der Waals surface area (Å²) in [7, 11) is 0. The number of benzene rings is 1. The summed E-state index contributed by atoms with van der Waals surface area (Å²) in [6, 6.07) is 3.83. The van der Waals surface area contributed by atoms with E-state index < -0.39 is 0 Å². The molecule has 2 nitrogen and oxygen atoms in total. The van der Waals surface area contributed by atoms with Gasteiger partial charge in [-0.1, -0.05) is 6.58 Å². The molecule has 0 bridgehead atoms. The van der Waals surface area contributed by atoms with Crippen molar-refractivity contribution in [1.29, 1.82) is 0 Å². The van der Waals surface area contributed by atoms with Gasteiger partial charge in [0.1, 0.15) is 12.4 Å². The maximum Gasteiger partial charge on any atom is 0.125 e. The monoisotopic (exact) mass is 191 g/mol. The molecule has 1 rings (SSSR count). The van der Waals surface area contributed by atoms with E-state index >= 15 is 0 Å². The molecule has 2 heteroatoms. The van der Waals surface area contributed by atoms with Crippen molar-refractivity contribution >= 4 is 5.69 Å². The van der Waals surface area contributed by atoms with E-state index in [9.17, 15) is 0 Å². The van der Waals surface area contributed by atoms with Gasteiger partial charge in [0, 0.05) is 5.69 Å². The number of hydrogen-bond donors (Lipinski definition) is 1. The summed E-state index contributed by atoms with van der Waals surface area (Å²) < 4.78 is 5.63. The third kappa shape index (κ3) is 2.52. The first-order valence-corrected chi connectivity index (χ1v) is 4.64. The molecular formula is C12H17NO. The molecule has 0 amide bonds. The lowest BCUT2D eigenvalue weighted by molar-refractivity contribution is 0.348. The van der Waals surface area contributed by atoms with Gasteiger partial charge in [0.15, 0.2) is 0 Å². The number of nitrogens with two attached hydrogens (primary N) is 1. The molecular weight excluding hydrogens is 174 g/mol. The van der Waals surface area contributed by atoms with E-state index in [0.29, 0.717) is 6.61 Å². The first-order chi connectivity index (χ1) is 6.50. The molecule has 1 aromatic rings. The number of hydrogen-bond acceptors (Lipinski definition) is 2. The van der Waals surface area contributed by atoms with Crippen LogP contribution in [0.5, 0.6) is 5.75 Å². The third-order valence-corrected chi connectivity index (χ3v) is 1.95. The van der Waals surface area contributed by atoms with Crippen LogP contribution in [0, 0.1) is 13.8 Å². The van der Waals surface area contributed by atoms with Gasteiger partial charge in [-0.3, -0.25) is 0 Å². The van der Waals surface area contributed by atoms with E-state index in [1.54, 1.807) is 0 Å². The molecule has 0 aliphatic carbocycles. The van der Waals surface area contributed by atoms with E-state index in [2.05, 4.69) is 6.58 Å². The van der Waals surface area contributed by atoms with Gasteiger partial charge < -0.3 is 10.5 Å². The number of nitrogen functional groups attached to an aromatic ring is 1. The normalized spacial score (nSPS) is 9.93. The van der Waals surface area contributed by atoms with Crippen LogP contribution in [0.2, 0.25) is 0 Å². The Labute approximate surface area is 85.4 Å². The van der Waals surface area contributed by atoms with Gasteiger partial charge in [-0.15, -0.1) is 0 Å². The maximum atomic E-state index is 5.71. The van der Waals surface area contributed by atoms with Crippen LogP contribution in [0.15, 0.2) is 24.3 Å². The van der Waals surface area contributed by atoms with Gasteiger partial charge >= 0.3 is 0 Å². The SMILES string of the molecule is C=C(C)COc1c(C)cc(N)cc1C. The first kappa shape index (κ1) is 10.6. The summed E-state index contributed by atoms with van der Waals surface area (Å²) in [5.74, 6) is 0.919. The minimum absolute atomic E-state index is 0.561. The van der Waals surface area contributed by atoms with E-state index in [-0.39, 0.29) is 0 Å². The van der Waals surface area contributed by atoms with Crippen molar-refractivity contribution in [1.82, 2.24) is 0 Å². The predicted octanol–water partition coefficient (Wildman–Crippen LogP) is 2.84. The van der Waals surface area contributed by atoms with Gasteiger partial charge in [-0.05, 0) is 49.6 Å². The van der Waals surface area contributed by atoms with Crippen molar-refractivity contribution in [3.05, 3.63) is 35.4 Å². The minimum Gasteiger partial charge on any atom is -0.489 e. The van der Waals surface area contributed by atoms with Crippen LogP contribution >= 0.6 is 0 Å². The Bertz CT molecular complexity index is 332. The van der Waals surface area contributed by atoms with E-state index in [0.717, 1.165) is 28.1 Å². The van der Waals surface area contributed by atoms with Crippen LogP contribution < -0.4 is 10.5 Å². The van der Waals surface area contributed by atoms with Crippen LogP contribution in [-0.2, 0) is 0 Å². The summed E-state index contributed by atoms with van der Waals surface area (Å²) in [5.41, 5.74) is 9.65. The standard InChI is InChI=1S/C12H17NO/c1-8(2)7-14-12-9(3)5-11(13)6-10(12)4/h5-6H,1,7,13H2,2-4H3. The second-order valence-electron chi connectivity index (χ2n) is 3.73. The smallest absolute Gasteiger partial charge is 0.125 e. The Morgan fingerprint density at radius 3 is 2.29 bits per heavy atom. The highest BCUT2D eigenvalue weighted by molar-refractivity contribution is 5.52. The zero-order chi connectivity index (χ0) is 10.7. The van der Waals surface area contributed by atoms with Crippen molar-refractivity contribution in [2.45, 2.75) is 20.8 Å². The average Bonchev–Trinajstić information content (AvgIpc) is 2.01.